The van der Waals surface area contributed by atoms with E-state index < -0.39 is 5.82 Å². The normalized spacial score (nSPS) is 12.8. The summed E-state index contributed by atoms with van der Waals surface area (Å²) in [5.41, 5.74) is 5.21. The number of hydrogen-bond acceptors (Lipinski definition) is 3. The molecule has 0 aliphatic heterocycles. The van der Waals surface area contributed by atoms with Crippen LogP contribution in [0.1, 0.15) is 32.7 Å². The number of hydrogen-bond donors (Lipinski definition) is 1. The summed E-state index contributed by atoms with van der Waals surface area (Å²) in [6.45, 7) is 0. The van der Waals surface area contributed by atoms with E-state index in [1.807, 2.05) is 36.4 Å². The minimum Gasteiger partial charge on any atom is -0.321 e. The van der Waals surface area contributed by atoms with Gasteiger partial charge in [-0.15, -0.1) is 0 Å². The third kappa shape index (κ3) is 3.05. The number of para-hydroxylation sites is 1. The van der Waals surface area contributed by atoms with Crippen LogP contribution < -0.4 is 5.32 Å². The van der Waals surface area contributed by atoms with Crippen LogP contribution in [0.4, 0.5) is 10.1 Å². The number of carbonyl (C=O) groups excluding carboxylic acids is 2. The topological polar surface area (TPSA) is 59.1 Å². The second-order valence-electron chi connectivity index (χ2n) is 7.27. The number of ketones is 1. The Balaban J connectivity index is 1.59. The first kappa shape index (κ1) is 18.2. The molecule has 4 nitrogen and oxygen atoms in total. The molecule has 0 saturated carbocycles. The monoisotopic (exact) mass is 396 g/mol. The summed E-state index contributed by atoms with van der Waals surface area (Å²) in [7, 11) is 0. The Morgan fingerprint density at radius 2 is 1.70 bits per heavy atom. The Kier molecular flexibility index (Phi) is 4.36. The summed E-state index contributed by atoms with van der Waals surface area (Å²) in [4.78, 5) is 29.7. The largest absolute Gasteiger partial charge is 0.321 e. The van der Waals surface area contributed by atoms with E-state index in [1.54, 1.807) is 12.3 Å². The number of pyridine rings is 1. The molecule has 1 N–H and O–H groups in total. The van der Waals surface area contributed by atoms with Gasteiger partial charge >= 0.3 is 0 Å². The molecule has 0 radical (unpaired) electrons. The van der Waals surface area contributed by atoms with Crippen molar-refractivity contribution in [3.8, 4) is 11.1 Å². The molecule has 4 aromatic rings. The molecule has 1 amide bonds. The van der Waals surface area contributed by atoms with Gasteiger partial charge in [0.1, 0.15) is 5.82 Å². The van der Waals surface area contributed by atoms with Crippen molar-refractivity contribution in [2.75, 3.05) is 5.32 Å². The van der Waals surface area contributed by atoms with E-state index in [1.165, 1.54) is 24.3 Å². The highest BCUT2D eigenvalue weighted by atomic mass is 19.1. The van der Waals surface area contributed by atoms with Crippen LogP contribution in [0.15, 0.2) is 72.9 Å². The van der Waals surface area contributed by atoms with Crippen molar-refractivity contribution >= 4 is 28.3 Å². The Morgan fingerprint density at radius 3 is 2.53 bits per heavy atom. The van der Waals surface area contributed by atoms with Gasteiger partial charge in [-0.2, -0.15) is 0 Å². The highest BCUT2D eigenvalue weighted by Crippen LogP contribution is 2.39. The second-order valence-corrected chi connectivity index (χ2v) is 7.27. The molecule has 30 heavy (non-hydrogen) atoms. The number of anilines is 1. The minimum absolute atomic E-state index is 0.0135. The average molecular weight is 396 g/mol. The maximum absolute atomic E-state index is 13.1. The standard InChI is InChI=1S/C25H17FN2O2/c26-16-7-5-15(6-8-16)25(30)28-22-11-9-17(20-10-12-23(29)24(20)22)18-13-14-27-21-4-2-1-3-19(18)21/h1-9,11,13-14H,10,12H2,(H,28,30). The molecule has 1 aliphatic rings. The lowest BCUT2D eigenvalue weighted by atomic mass is 9.93. The first-order valence-electron chi connectivity index (χ1n) is 9.72. The highest BCUT2D eigenvalue weighted by molar-refractivity contribution is 6.13. The van der Waals surface area contributed by atoms with Crippen LogP contribution in [0.2, 0.25) is 0 Å². The number of benzene rings is 3. The fourth-order valence-corrected chi connectivity index (χ4v) is 4.07. The van der Waals surface area contributed by atoms with Crippen LogP contribution in [0.3, 0.4) is 0 Å². The zero-order valence-corrected chi connectivity index (χ0v) is 16.0. The molecule has 1 aromatic heterocycles. The van der Waals surface area contributed by atoms with Crippen LogP contribution in [-0.2, 0) is 6.42 Å². The Bertz CT molecular complexity index is 1310. The first-order valence-corrected chi connectivity index (χ1v) is 9.72. The van der Waals surface area contributed by atoms with Crippen molar-refractivity contribution < 1.29 is 14.0 Å². The summed E-state index contributed by atoms with van der Waals surface area (Å²) in [5.74, 6) is -0.768. The number of carbonyl (C=O) groups is 2. The SMILES string of the molecule is O=C(Nc1ccc(-c2ccnc3ccccc23)c2c1C(=O)CC2)c1ccc(F)cc1. The van der Waals surface area contributed by atoms with Crippen molar-refractivity contribution in [2.45, 2.75) is 12.8 Å². The molecule has 1 heterocycles. The van der Waals surface area contributed by atoms with Crippen LogP contribution in [0.25, 0.3) is 22.0 Å². The number of rotatable bonds is 3. The van der Waals surface area contributed by atoms with Crippen LogP contribution >= 0.6 is 0 Å². The number of amides is 1. The summed E-state index contributed by atoms with van der Waals surface area (Å²) >= 11 is 0. The Morgan fingerprint density at radius 1 is 0.900 bits per heavy atom. The fourth-order valence-electron chi connectivity index (χ4n) is 4.07. The molecule has 5 rings (SSSR count). The molecule has 5 heteroatoms. The summed E-state index contributed by atoms with van der Waals surface area (Å²) in [5, 5.41) is 3.85. The second kappa shape index (κ2) is 7.19. The van der Waals surface area contributed by atoms with Gasteiger partial charge in [-0.05, 0) is 65.6 Å². The van der Waals surface area contributed by atoms with E-state index in [2.05, 4.69) is 10.3 Å². The van der Waals surface area contributed by atoms with Crippen molar-refractivity contribution in [3.05, 3.63) is 95.4 Å². The number of Topliss-reactive ketones (excluding diaryl/α,β-unsaturated/α-hetero) is 1. The Labute approximate surface area is 172 Å². The molecule has 0 atom stereocenters. The molecular weight excluding hydrogens is 379 g/mol. The van der Waals surface area contributed by atoms with E-state index in [4.69, 9.17) is 0 Å². The minimum atomic E-state index is -0.406. The van der Waals surface area contributed by atoms with Gasteiger partial charge in [0.05, 0.1) is 11.2 Å². The van der Waals surface area contributed by atoms with Gasteiger partial charge in [-0.1, -0.05) is 24.3 Å². The fraction of sp³-hybridized carbons (Fsp3) is 0.0800. The van der Waals surface area contributed by atoms with E-state index in [0.717, 1.165) is 27.6 Å². The molecule has 3 aromatic carbocycles. The maximum atomic E-state index is 13.1. The number of fused-ring (bicyclic) bond motifs is 2. The zero-order chi connectivity index (χ0) is 20.7. The first-order chi connectivity index (χ1) is 14.6. The molecule has 146 valence electrons. The van der Waals surface area contributed by atoms with Crippen molar-refractivity contribution in [1.29, 1.82) is 0 Å². The van der Waals surface area contributed by atoms with Gasteiger partial charge < -0.3 is 5.32 Å². The average Bonchev–Trinajstić information content (AvgIpc) is 3.16. The third-order valence-electron chi connectivity index (χ3n) is 5.49. The number of aromatic nitrogens is 1. The molecule has 0 fully saturated rings. The predicted octanol–water partition coefficient (Wildman–Crippen LogP) is 5.42. The van der Waals surface area contributed by atoms with Gasteiger partial charge in [0.15, 0.2) is 5.78 Å². The van der Waals surface area contributed by atoms with Crippen LogP contribution in [0.5, 0.6) is 0 Å². The van der Waals surface area contributed by atoms with E-state index in [-0.39, 0.29) is 11.7 Å². The number of nitrogens with one attached hydrogen (secondary N) is 1. The lowest BCUT2D eigenvalue weighted by Gasteiger charge is -2.15. The van der Waals surface area contributed by atoms with Gasteiger partial charge in [-0.3, -0.25) is 14.6 Å². The van der Waals surface area contributed by atoms with Gasteiger partial charge in [0.2, 0.25) is 0 Å². The lowest BCUT2D eigenvalue weighted by Crippen LogP contribution is -2.14. The van der Waals surface area contributed by atoms with Crippen molar-refractivity contribution in [2.24, 2.45) is 0 Å². The van der Waals surface area contributed by atoms with E-state index >= 15 is 0 Å². The molecule has 0 spiro atoms. The summed E-state index contributed by atoms with van der Waals surface area (Å²) in [6, 6.07) is 18.9. The quantitative estimate of drug-likeness (QED) is 0.503. The van der Waals surface area contributed by atoms with Gasteiger partial charge in [0, 0.05) is 29.1 Å². The lowest BCUT2D eigenvalue weighted by molar-refractivity contribution is 0.0995. The predicted molar refractivity (Wildman–Crippen MR) is 114 cm³/mol. The molecule has 1 aliphatic carbocycles. The summed E-state index contributed by atoms with van der Waals surface area (Å²) < 4.78 is 13.1. The van der Waals surface area contributed by atoms with Crippen LogP contribution in [-0.4, -0.2) is 16.7 Å². The molecule has 0 bridgehead atoms. The Hall–Kier alpha value is -3.86. The van der Waals surface area contributed by atoms with Crippen LogP contribution in [0, 0.1) is 5.82 Å². The maximum Gasteiger partial charge on any atom is 0.255 e. The third-order valence-corrected chi connectivity index (χ3v) is 5.49. The number of halogens is 1. The highest BCUT2D eigenvalue weighted by Gasteiger charge is 2.27. The smallest absolute Gasteiger partial charge is 0.255 e. The van der Waals surface area contributed by atoms with Gasteiger partial charge in [0.25, 0.3) is 5.91 Å². The number of nitrogens with zero attached hydrogens (tertiary/aromatic N) is 1. The van der Waals surface area contributed by atoms with Crippen molar-refractivity contribution in [1.82, 2.24) is 4.98 Å². The van der Waals surface area contributed by atoms with Crippen molar-refractivity contribution in [3.63, 3.8) is 0 Å². The summed E-state index contributed by atoms with van der Waals surface area (Å²) in [6.07, 6.45) is 2.81. The zero-order valence-electron chi connectivity index (χ0n) is 16.0. The molecular formula is C25H17FN2O2. The molecule has 0 saturated heterocycles. The molecule has 0 unspecified atom stereocenters. The van der Waals surface area contributed by atoms with Gasteiger partial charge in [-0.25, -0.2) is 4.39 Å². The van der Waals surface area contributed by atoms with E-state index in [9.17, 15) is 14.0 Å². The van der Waals surface area contributed by atoms with E-state index in [0.29, 0.717) is 29.7 Å².